The molecule has 5 rings (SSSR count). The predicted octanol–water partition coefficient (Wildman–Crippen LogP) is 5.45. The lowest BCUT2D eigenvalue weighted by molar-refractivity contribution is 0.102. The number of benzene rings is 3. The standard InChI is InChI=1S/C29H23N5O3/c1-37-25-15-13-23(14-16-25)31-28(35)20-9-11-22(12-10-20)32-29(36)26-19-34(24-7-3-2-4-8-24)33-27(26)21-6-5-17-30-18-21/h2-19H,1H3,(H,31,35)(H,32,36). The Morgan fingerprint density at radius 3 is 2.11 bits per heavy atom. The Bertz CT molecular complexity index is 1510. The first-order valence-electron chi connectivity index (χ1n) is 11.5. The number of hydrogen-bond donors (Lipinski definition) is 2. The Morgan fingerprint density at radius 2 is 1.46 bits per heavy atom. The van der Waals surface area contributed by atoms with Gasteiger partial charge in [-0.3, -0.25) is 14.6 Å². The monoisotopic (exact) mass is 489 g/mol. The maximum Gasteiger partial charge on any atom is 0.259 e. The van der Waals surface area contributed by atoms with Crippen molar-refractivity contribution in [1.82, 2.24) is 14.8 Å². The fourth-order valence-corrected chi connectivity index (χ4v) is 3.75. The predicted molar refractivity (Wildman–Crippen MR) is 142 cm³/mol. The van der Waals surface area contributed by atoms with E-state index in [1.165, 1.54) is 0 Å². The summed E-state index contributed by atoms with van der Waals surface area (Å²) >= 11 is 0. The quantitative estimate of drug-likeness (QED) is 0.317. The molecule has 0 unspecified atom stereocenters. The van der Waals surface area contributed by atoms with Gasteiger partial charge in [-0.05, 0) is 72.8 Å². The lowest BCUT2D eigenvalue weighted by atomic mass is 10.1. The molecule has 182 valence electrons. The molecule has 8 nitrogen and oxygen atoms in total. The molecule has 37 heavy (non-hydrogen) atoms. The number of hydrogen-bond acceptors (Lipinski definition) is 5. The van der Waals surface area contributed by atoms with Crippen LogP contribution in [0.1, 0.15) is 20.7 Å². The summed E-state index contributed by atoms with van der Waals surface area (Å²) in [5.74, 6) is 0.126. The Morgan fingerprint density at radius 1 is 0.784 bits per heavy atom. The molecule has 2 amide bonds. The van der Waals surface area contributed by atoms with Crippen LogP contribution in [0.3, 0.4) is 0 Å². The molecule has 0 aliphatic rings. The van der Waals surface area contributed by atoms with Gasteiger partial charge in [-0.25, -0.2) is 4.68 Å². The Balaban J connectivity index is 1.34. The van der Waals surface area contributed by atoms with Gasteiger partial charge in [0.15, 0.2) is 0 Å². The maximum atomic E-state index is 13.3. The molecule has 5 aromatic rings. The zero-order valence-electron chi connectivity index (χ0n) is 20.0. The van der Waals surface area contributed by atoms with E-state index in [2.05, 4.69) is 20.7 Å². The van der Waals surface area contributed by atoms with Crippen LogP contribution in [0.15, 0.2) is 110 Å². The van der Waals surface area contributed by atoms with Gasteiger partial charge in [0.2, 0.25) is 0 Å². The molecule has 3 aromatic carbocycles. The smallest absolute Gasteiger partial charge is 0.259 e. The van der Waals surface area contributed by atoms with Crippen LogP contribution in [-0.4, -0.2) is 33.7 Å². The highest BCUT2D eigenvalue weighted by atomic mass is 16.5. The van der Waals surface area contributed by atoms with E-state index in [4.69, 9.17) is 4.74 Å². The summed E-state index contributed by atoms with van der Waals surface area (Å²) in [5, 5.41) is 10.4. The SMILES string of the molecule is COc1ccc(NC(=O)c2ccc(NC(=O)c3cn(-c4ccccc4)nc3-c3cccnc3)cc2)cc1. The van der Waals surface area contributed by atoms with E-state index in [0.29, 0.717) is 33.9 Å². The number of carbonyl (C=O) groups excluding carboxylic acids is 2. The van der Waals surface area contributed by atoms with Crippen molar-refractivity contribution >= 4 is 23.2 Å². The van der Waals surface area contributed by atoms with Gasteiger partial charge in [-0.1, -0.05) is 18.2 Å². The number of aromatic nitrogens is 3. The fraction of sp³-hybridized carbons (Fsp3) is 0.0345. The van der Waals surface area contributed by atoms with Crippen LogP contribution < -0.4 is 15.4 Å². The first kappa shape index (κ1) is 23.5. The Kier molecular flexibility index (Phi) is 6.72. The summed E-state index contributed by atoms with van der Waals surface area (Å²) in [4.78, 5) is 30.1. The number of methoxy groups -OCH3 is 1. The van der Waals surface area contributed by atoms with Gasteiger partial charge in [-0.2, -0.15) is 5.10 Å². The molecule has 2 N–H and O–H groups in total. The molecule has 0 spiro atoms. The van der Waals surface area contributed by atoms with Crippen molar-refractivity contribution in [3.8, 4) is 22.7 Å². The van der Waals surface area contributed by atoms with E-state index in [1.54, 1.807) is 85.0 Å². The first-order valence-corrected chi connectivity index (χ1v) is 11.5. The number of para-hydroxylation sites is 1. The van der Waals surface area contributed by atoms with E-state index >= 15 is 0 Å². The van der Waals surface area contributed by atoms with Crippen molar-refractivity contribution in [2.24, 2.45) is 0 Å². The van der Waals surface area contributed by atoms with Gasteiger partial charge in [0.1, 0.15) is 11.4 Å². The van der Waals surface area contributed by atoms with Gasteiger partial charge in [0, 0.05) is 41.1 Å². The summed E-state index contributed by atoms with van der Waals surface area (Å²) in [7, 11) is 1.59. The normalized spacial score (nSPS) is 10.5. The zero-order chi connectivity index (χ0) is 25.6. The fourth-order valence-electron chi connectivity index (χ4n) is 3.75. The topological polar surface area (TPSA) is 98.1 Å². The van der Waals surface area contributed by atoms with E-state index in [0.717, 1.165) is 11.3 Å². The molecule has 8 heteroatoms. The van der Waals surface area contributed by atoms with Crippen LogP contribution in [0.5, 0.6) is 5.75 Å². The van der Waals surface area contributed by atoms with Crippen LogP contribution in [0.4, 0.5) is 11.4 Å². The third-order valence-electron chi connectivity index (χ3n) is 5.67. The molecule has 0 radical (unpaired) electrons. The largest absolute Gasteiger partial charge is 0.497 e. The molecule has 0 saturated carbocycles. The van der Waals surface area contributed by atoms with Crippen molar-refractivity contribution in [2.75, 3.05) is 17.7 Å². The summed E-state index contributed by atoms with van der Waals surface area (Å²) in [6, 6.07) is 27.0. The van der Waals surface area contributed by atoms with Crippen LogP contribution >= 0.6 is 0 Å². The number of ether oxygens (including phenoxy) is 1. The Hall–Kier alpha value is -5.24. The highest BCUT2D eigenvalue weighted by Gasteiger charge is 2.19. The number of anilines is 2. The molecule has 2 heterocycles. The average Bonchev–Trinajstić information content (AvgIpc) is 3.41. The minimum absolute atomic E-state index is 0.258. The molecule has 0 atom stereocenters. The maximum absolute atomic E-state index is 13.3. The second kappa shape index (κ2) is 10.6. The van der Waals surface area contributed by atoms with Gasteiger partial charge in [-0.15, -0.1) is 0 Å². The van der Waals surface area contributed by atoms with Crippen molar-refractivity contribution in [3.05, 3.63) is 121 Å². The van der Waals surface area contributed by atoms with Crippen molar-refractivity contribution in [1.29, 1.82) is 0 Å². The number of pyridine rings is 1. The van der Waals surface area contributed by atoms with Gasteiger partial charge >= 0.3 is 0 Å². The minimum atomic E-state index is -0.323. The van der Waals surface area contributed by atoms with E-state index in [9.17, 15) is 9.59 Å². The second-order valence-electron chi connectivity index (χ2n) is 8.13. The number of rotatable bonds is 7. The second-order valence-corrected chi connectivity index (χ2v) is 8.13. The lowest BCUT2D eigenvalue weighted by Gasteiger charge is -2.08. The minimum Gasteiger partial charge on any atom is -0.497 e. The third kappa shape index (κ3) is 5.38. The average molecular weight is 490 g/mol. The molecule has 0 saturated heterocycles. The highest BCUT2D eigenvalue weighted by molar-refractivity contribution is 6.08. The lowest BCUT2D eigenvalue weighted by Crippen LogP contribution is -2.14. The summed E-state index contributed by atoms with van der Waals surface area (Å²) in [6.07, 6.45) is 5.04. The van der Waals surface area contributed by atoms with Gasteiger partial charge < -0.3 is 15.4 Å². The Labute approximate surface area is 213 Å². The van der Waals surface area contributed by atoms with Crippen molar-refractivity contribution in [2.45, 2.75) is 0 Å². The summed E-state index contributed by atoms with van der Waals surface area (Å²) in [5.41, 5.74) is 4.15. The molecule has 0 aliphatic heterocycles. The molecular weight excluding hydrogens is 466 g/mol. The van der Waals surface area contributed by atoms with Crippen LogP contribution in [0, 0.1) is 0 Å². The molecule has 0 fully saturated rings. The summed E-state index contributed by atoms with van der Waals surface area (Å²) in [6.45, 7) is 0. The first-order chi connectivity index (χ1) is 18.1. The molecule has 0 aliphatic carbocycles. The number of nitrogens with one attached hydrogen (secondary N) is 2. The molecular formula is C29H23N5O3. The number of amides is 2. The molecule has 0 bridgehead atoms. The summed E-state index contributed by atoms with van der Waals surface area (Å²) < 4.78 is 6.81. The van der Waals surface area contributed by atoms with E-state index < -0.39 is 0 Å². The molecule has 2 aromatic heterocycles. The van der Waals surface area contributed by atoms with Gasteiger partial charge in [0.05, 0.1) is 18.4 Å². The zero-order valence-corrected chi connectivity index (χ0v) is 20.0. The van der Waals surface area contributed by atoms with Crippen molar-refractivity contribution in [3.63, 3.8) is 0 Å². The van der Waals surface area contributed by atoms with Crippen LogP contribution in [0.2, 0.25) is 0 Å². The number of carbonyl (C=O) groups is 2. The van der Waals surface area contributed by atoms with E-state index in [-0.39, 0.29) is 11.8 Å². The van der Waals surface area contributed by atoms with E-state index in [1.807, 2.05) is 36.4 Å². The van der Waals surface area contributed by atoms with Crippen LogP contribution in [0.25, 0.3) is 16.9 Å². The van der Waals surface area contributed by atoms with Crippen molar-refractivity contribution < 1.29 is 14.3 Å². The number of nitrogens with zero attached hydrogens (tertiary/aromatic N) is 3. The van der Waals surface area contributed by atoms with Crippen LogP contribution in [-0.2, 0) is 0 Å². The third-order valence-corrected chi connectivity index (χ3v) is 5.67. The van der Waals surface area contributed by atoms with Gasteiger partial charge in [0.25, 0.3) is 11.8 Å². The highest BCUT2D eigenvalue weighted by Crippen LogP contribution is 2.24.